The van der Waals surface area contributed by atoms with Gasteiger partial charge in [-0.2, -0.15) is 0 Å². The van der Waals surface area contributed by atoms with Gasteiger partial charge in [0, 0.05) is 4.90 Å². The van der Waals surface area contributed by atoms with Crippen molar-refractivity contribution in [2.45, 2.75) is 18.0 Å². The molecule has 0 amide bonds. The van der Waals surface area contributed by atoms with Crippen LogP contribution < -0.4 is 0 Å². The smallest absolute Gasteiger partial charge is 0.307 e. The molecule has 0 aromatic heterocycles. The molecule has 0 bridgehead atoms. The fourth-order valence-electron chi connectivity index (χ4n) is 1.22. The molecule has 1 aromatic rings. The highest BCUT2D eigenvalue weighted by atomic mass is 32.2. The minimum atomic E-state index is -0.892. The van der Waals surface area contributed by atoms with Crippen LogP contribution in [0.15, 0.2) is 23.1 Å². The highest BCUT2D eigenvalue weighted by Crippen LogP contribution is 2.22. The second-order valence-electron chi connectivity index (χ2n) is 2.85. The van der Waals surface area contributed by atoms with Gasteiger partial charge in [-0.1, -0.05) is 12.1 Å². The molecule has 0 unspecified atom stereocenters. The molecule has 0 fully saturated rings. The molecule has 0 aliphatic rings. The van der Waals surface area contributed by atoms with Crippen molar-refractivity contribution in [1.82, 2.24) is 0 Å². The number of benzene rings is 1. The van der Waals surface area contributed by atoms with Crippen LogP contribution >= 0.6 is 11.8 Å². The first-order chi connectivity index (χ1) is 6.67. The zero-order valence-corrected chi connectivity index (χ0v) is 8.60. The molecule has 0 saturated heterocycles. The number of carboxylic acid groups (broad SMARTS) is 1. The van der Waals surface area contributed by atoms with Gasteiger partial charge in [-0.15, -0.1) is 11.8 Å². The Bertz CT molecular complexity index is 339. The molecule has 0 saturated carbocycles. The second kappa shape index (κ2) is 5.00. The molecule has 0 aliphatic heterocycles. The van der Waals surface area contributed by atoms with E-state index in [1.54, 1.807) is 18.2 Å². The minimum absolute atomic E-state index is 0.0516. The zero-order valence-electron chi connectivity index (χ0n) is 7.79. The van der Waals surface area contributed by atoms with Crippen LogP contribution in [0.1, 0.15) is 11.1 Å². The first-order valence-corrected chi connectivity index (χ1v) is 5.33. The minimum Gasteiger partial charge on any atom is -0.481 e. The summed E-state index contributed by atoms with van der Waals surface area (Å²) >= 11 is 1.47. The predicted molar refractivity (Wildman–Crippen MR) is 54.4 cm³/mol. The molecular weight excluding hydrogens is 203 g/mol. The molecule has 1 aromatic carbocycles. The normalized spacial score (nSPS) is 10.1. The van der Waals surface area contributed by atoms with Crippen LogP contribution in [0.4, 0.5) is 4.39 Å². The zero-order chi connectivity index (χ0) is 10.6. The van der Waals surface area contributed by atoms with Crippen LogP contribution in [-0.2, 0) is 17.9 Å². The Balaban J connectivity index is 3.01. The Kier molecular flexibility index (Phi) is 3.95. The fraction of sp³-hybridized carbons (Fsp3) is 0.300. The highest BCUT2D eigenvalue weighted by Gasteiger charge is 2.07. The van der Waals surface area contributed by atoms with Gasteiger partial charge in [0.25, 0.3) is 0 Å². The number of hydrogen-bond donors (Lipinski definition) is 1. The highest BCUT2D eigenvalue weighted by molar-refractivity contribution is 7.98. The van der Waals surface area contributed by atoms with Gasteiger partial charge in [-0.25, -0.2) is 4.39 Å². The van der Waals surface area contributed by atoms with Gasteiger partial charge in [0.2, 0.25) is 0 Å². The Morgan fingerprint density at radius 1 is 1.57 bits per heavy atom. The van der Waals surface area contributed by atoms with E-state index < -0.39 is 12.6 Å². The van der Waals surface area contributed by atoms with Crippen molar-refractivity contribution in [2.75, 3.05) is 6.26 Å². The lowest BCUT2D eigenvalue weighted by molar-refractivity contribution is -0.136. The quantitative estimate of drug-likeness (QED) is 0.782. The van der Waals surface area contributed by atoms with Crippen molar-refractivity contribution in [3.8, 4) is 0 Å². The lowest BCUT2D eigenvalue weighted by Crippen LogP contribution is -2.02. The van der Waals surface area contributed by atoms with Crippen molar-refractivity contribution in [3.05, 3.63) is 29.3 Å². The molecule has 0 atom stereocenters. The number of alkyl halides is 1. The molecule has 0 aliphatic carbocycles. The van der Waals surface area contributed by atoms with Crippen molar-refractivity contribution < 1.29 is 14.3 Å². The third-order valence-electron chi connectivity index (χ3n) is 1.84. The standard InChI is InChI=1S/C10H11FO2S/c1-14-9-3-2-7(6-11)4-8(9)5-10(12)13/h2-4H,5-6H2,1H3,(H,12,13). The number of halogens is 1. The van der Waals surface area contributed by atoms with Crippen molar-refractivity contribution in [2.24, 2.45) is 0 Å². The molecule has 1 N–H and O–H groups in total. The van der Waals surface area contributed by atoms with Crippen LogP contribution in [0.2, 0.25) is 0 Å². The van der Waals surface area contributed by atoms with Crippen molar-refractivity contribution in [1.29, 1.82) is 0 Å². The summed E-state index contributed by atoms with van der Waals surface area (Å²) in [5.74, 6) is -0.892. The third kappa shape index (κ3) is 2.73. The molecule has 0 spiro atoms. The average Bonchev–Trinajstić information content (AvgIpc) is 2.16. The molecule has 0 radical (unpaired) electrons. The maximum Gasteiger partial charge on any atom is 0.307 e. The molecule has 2 nitrogen and oxygen atoms in total. The van der Waals surface area contributed by atoms with Gasteiger partial charge in [0.15, 0.2) is 0 Å². The SMILES string of the molecule is CSc1ccc(CF)cc1CC(=O)O. The number of hydrogen-bond acceptors (Lipinski definition) is 2. The Labute approximate surface area is 86.1 Å². The molecule has 14 heavy (non-hydrogen) atoms. The number of thioether (sulfide) groups is 1. The van der Waals surface area contributed by atoms with E-state index in [-0.39, 0.29) is 6.42 Å². The lowest BCUT2D eigenvalue weighted by atomic mass is 10.1. The Morgan fingerprint density at radius 2 is 2.29 bits per heavy atom. The number of carboxylic acids is 1. The third-order valence-corrected chi connectivity index (χ3v) is 2.68. The van der Waals surface area contributed by atoms with E-state index in [1.807, 2.05) is 6.26 Å². The van der Waals surface area contributed by atoms with Gasteiger partial charge >= 0.3 is 5.97 Å². The van der Waals surface area contributed by atoms with Gasteiger partial charge in [-0.3, -0.25) is 4.79 Å². The van der Waals surface area contributed by atoms with Gasteiger partial charge in [-0.05, 0) is 23.4 Å². The van der Waals surface area contributed by atoms with E-state index >= 15 is 0 Å². The van der Waals surface area contributed by atoms with E-state index in [1.165, 1.54) is 11.8 Å². The summed E-state index contributed by atoms with van der Waals surface area (Å²) in [5.41, 5.74) is 1.21. The molecule has 1 rings (SSSR count). The van der Waals surface area contributed by atoms with E-state index in [0.717, 1.165) is 4.90 Å². The first kappa shape index (κ1) is 11.0. The molecular formula is C10H11FO2S. The summed E-state index contributed by atoms with van der Waals surface area (Å²) in [6.45, 7) is -0.554. The van der Waals surface area contributed by atoms with E-state index in [4.69, 9.17) is 5.11 Å². The van der Waals surface area contributed by atoms with Crippen LogP contribution in [0.25, 0.3) is 0 Å². The van der Waals surface area contributed by atoms with Crippen LogP contribution in [0.5, 0.6) is 0 Å². The Hall–Kier alpha value is -1.03. The Morgan fingerprint density at radius 3 is 2.79 bits per heavy atom. The number of carbonyl (C=O) groups is 1. The van der Waals surface area contributed by atoms with Crippen LogP contribution in [0, 0.1) is 0 Å². The van der Waals surface area contributed by atoms with Crippen molar-refractivity contribution in [3.63, 3.8) is 0 Å². The van der Waals surface area contributed by atoms with Crippen LogP contribution in [-0.4, -0.2) is 17.3 Å². The van der Waals surface area contributed by atoms with E-state index in [0.29, 0.717) is 11.1 Å². The van der Waals surface area contributed by atoms with E-state index in [2.05, 4.69) is 0 Å². The molecule has 0 heterocycles. The fourth-order valence-corrected chi connectivity index (χ4v) is 1.81. The van der Waals surface area contributed by atoms with Crippen LogP contribution in [0.3, 0.4) is 0 Å². The van der Waals surface area contributed by atoms with Gasteiger partial charge in [0.1, 0.15) is 6.67 Å². The van der Waals surface area contributed by atoms with Crippen molar-refractivity contribution >= 4 is 17.7 Å². The maximum absolute atomic E-state index is 12.3. The average molecular weight is 214 g/mol. The summed E-state index contributed by atoms with van der Waals surface area (Å²) in [5, 5.41) is 8.65. The largest absolute Gasteiger partial charge is 0.481 e. The van der Waals surface area contributed by atoms with Gasteiger partial charge in [0.05, 0.1) is 6.42 Å². The summed E-state index contributed by atoms with van der Waals surface area (Å²) in [4.78, 5) is 11.4. The summed E-state index contributed by atoms with van der Waals surface area (Å²) in [6.07, 6.45) is 1.82. The predicted octanol–water partition coefficient (Wildman–Crippen LogP) is 2.51. The lowest BCUT2D eigenvalue weighted by Gasteiger charge is -2.06. The maximum atomic E-state index is 12.3. The van der Waals surface area contributed by atoms with Gasteiger partial charge < -0.3 is 5.11 Å². The molecule has 4 heteroatoms. The monoisotopic (exact) mass is 214 g/mol. The first-order valence-electron chi connectivity index (χ1n) is 4.11. The molecule has 76 valence electrons. The summed E-state index contributed by atoms with van der Waals surface area (Å²) in [7, 11) is 0. The summed E-state index contributed by atoms with van der Waals surface area (Å²) in [6, 6.07) is 5.05. The summed E-state index contributed by atoms with van der Waals surface area (Å²) < 4.78 is 12.3. The second-order valence-corrected chi connectivity index (χ2v) is 3.70. The topological polar surface area (TPSA) is 37.3 Å². The number of aliphatic carboxylic acids is 1. The number of rotatable bonds is 4. The van der Waals surface area contributed by atoms with E-state index in [9.17, 15) is 9.18 Å².